The van der Waals surface area contributed by atoms with Crippen molar-refractivity contribution in [3.05, 3.63) is 191 Å². The molecule has 0 fully saturated rings. The zero-order chi connectivity index (χ0) is 40.2. The molecular formula is C47H56N2O4S2. The van der Waals surface area contributed by atoms with E-state index in [1.807, 2.05) is 138 Å². The fourth-order valence-electron chi connectivity index (χ4n) is 4.94. The summed E-state index contributed by atoms with van der Waals surface area (Å²) in [6.45, 7) is 19.6. The summed E-state index contributed by atoms with van der Waals surface area (Å²) in [4.78, 5) is 0. The van der Waals surface area contributed by atoms with Gasteiger partial charge in [-0.15, -0.1) is 0 Å². The molecule has 290 valence electrons. The van der Waals surface area contributed by atoms with E-state index >= 15 is 0 Å². The lowest BCUT2D eigenvalue weighted by atomic mass is 10.2. The average Bonchev–Trinajstić information content (AvgIpc) is 3.17. The van der Waals surface area contributed by atoms with Crippen LogP contribution in [0, 0.1) is 48.5 Å². The van der Waals surface area contributed by atoms with Crippen molar-refractivity contribution in [1.82, 2.24) is 0 Å². The monoisotopic (exact) mass is 776 g/mol. The molecule has 0 saturated carbocycles. The van der Waals surface area contributed by atoms with E-state index in [9.17, 15) is 8.42 Å². The van der Waals surface area contributed by atoms with Crippen LogP contribution in [0.2, 0.25) is 0 Å². The van der Waals surface area contributed by atoms with Gasteiger partial charge in [0.15, 0.2) is 0 Å². The summed E-state index contributed by atoms with van der Waals surface area (Å²) in [5.41, 5.74) is 10.6. The van der Waals surface area contributed by atoms with Crippen molar-refractivity contribution >= 4 is 33.9 Å². The summed E-state index contributed by atoms with van der Waals surface area (Å²) in [6.07, 6.45) is 0. The predicted molar refractivity (Wildman–Crippen MR) is 235 cm³/mol. The number of nitrogens with zero attached hydrogens (tertiary/aromatic N) is 2. The van der Waals surface area contributed by atoms with Crippen molar-refractivity contribution in [2.75, 3.05) is 21.7 Å². The second-order valence-corrected chi connectivity index (χ2v) is 15.2. The van der Waals surface area contributed by atoms with Crippen molar-refractivity contribution in [2.24, 2.45) is 0 Å². The number of aryl methyl sites for hydroxylation is 7. The van der Waals surface area contributed by atoms with E-state index in [1.54, 1.807) is 8.61 Å². The molecule has 0 radical (unpaired) electrons. The van der Waals surface area contributed by atoms with Crippen LogP contribution >= 0.6 is 0 Å². The maximum Gasteiger partial charge on any atom is 0.318 e. The van der Waals surface area contributed by atoms with E-state index in [0.29, 0.717) is 24.6 Å². The minimum absolute atomic E-state index is 0.610. The Bertz CT molecular complexity index is 1980. The van der Waals surface area contributed by atoms with Gasteiger partial charge in [-0.25, -0.2) is 0 Å². The van der Waals surface area contributed by atoms with Crippen molar-refractivity contribution in [1.29, 1.82) is 0 Å². The van der Waals surface area contributed by atoms with Crippen LogP contribution < -0.4 is 17.0 Å². The Labute approximate surface area is 335 Å². The van der Waals surface area contributed by atoms with Crippen LogP contribution in [0.3, 0.4) is 0 Å². The molecule has 0 amide bonds. The minimum atomic E-state index is -1.54. The van der Waals surface area contributed by atoms with Gasteiger partial charge in [0, 0.05) is 13.1 Å². The molecule has 8 heteroatoms. The zero-order valence-corrected chi connectivity index (χ0v) is 35.3. The lowest BCUT2D eigenvalue weighted by Gasteiger charge is -2.20. The molecule has 6 nitrogen and oxygen atoms in total. The maximum atomic E-state index is 12.3. The van der Waals surface area contributed by atoms with Crippen LogP contribution in [0.4, 0.5) is 11.4 Å². The maximum absolute atomic E-state index is 12.3. The first-order valence-electron chi connectivity index (χ1n) is 18.5. The fraction of sp³-hybridized carbons (Fsp3) is 0.234. The van der Waals surface area contributed by atoms with Gasteiger partial charge >= 0.3 is 22.5 Å². The van der Waals surface area contributed by atoms with Gasteiger partial charge in [-0.3, -0.25) is 8.61 Å². The van der Waals surface area contributed by atoms with Crippen molar-refractivity contribution in [3.63, 3.8) is 0 Å². The Balaban J connectivity index is 0.000000213. The second-order valence-electron chi connectivity index (χ2n) is 13.1. The first-order chi connectivity index (χ1) is 26.4. The van der Waals surface area contributed by atoms with E-state index < -0.39 is 22.5 Å². The summed E-state index contributed by atoms with van der Waals surface area (Å²) < 4.78 is 39.0. The third-order valence-corrected chi connectivity index (χ3v) is 10.4. The predicted octanol–water partition coefficient (Wildman–Crippen LogP) is 11.9. The Morgan fingerprint density at radius 2 is 0.691 bits per heavy atom. The van der Waals surface area contributed by atoms with Gasteiger partial charge in [0.25, 0.3) is 0 Å². The average molecular weight is 777 g/mol. The van der Waals surface area contributed by atoms with Crippen molar-refractivity contribution < 1.29 is 16.8 Å². The largest absolute Gasteiger partial charge is 0.385 e. The van der Waals surface area contributed by atoms with E-state index in [-0.39, 0.29) is 0 Å². The Kier molecular flexibility index (Phi) is 19.0. The molecule has 0 aliphatic carbocycles. The molecular weight excluding hydrogens is 721 g/mol. The molecule has 0 N–H and O–H groups in total. The molecule has 0 heterocycles. The van der Waals surface area contributed by atoms with Crippen molar-refractivity contribution in [3.8, 4) is 11.5 Å². The van der Waals surface area contributed by atoms with Gasteiger partial charge in [-0.2, -0.15) is 8.42 Å². The van der Waals surface area contributed by atoms with Crippen LogP contribution in [-0.2, 0) is 22.5 Å². The quantitative estimate of drug-likeness (QED) is 0.139. The Morgan fingerprint density at radius 3 is 1.00 bits per heavy atom. The van der Waals surface area contributed by atoms with Gasteiger partial charge in [-0.05, 0) is 111 Å². The van der Waals surface area contributed by atoms with Crippen LogP contribution in [0.25, 0.3) is 0 Å². The molecule has 0 bridgehead atoms. The summed E-state index contributed by atoms with van der Waals surface area (Å²) in [6, 6.07) is 49.5. The van der Waals surface area contributed by atoms with Gasteiger partial charge in [0.2, 0.25) is 0 Å². The molecule has 0 saturated heterocycles. The third-order valence-electron chi connectivity index (χ3n) is 8.07. The second kappa shape index (κ2) is 23.6. The number of anilines is 2. The number of hydrogen-bond acceptors (Lipinski definition) is 4. The van der Waals surface area contributed by atoms with Crippen LogP contribution in [-0.4, -0.2) is 21.5 Å². The molecule has 0 aliphatic heterocycles. The normalized spacial score (nSPS) is 11.1. The molecule has 6 rings (SSSR count). The SMILES string of the molecule is CCN(c1ccc(C)cc1)S(=O)Oc1ccc(C)cc1.CCN(c1ccccc1)S(=O)Oc1ccc(C)cc1.Cc1ccc(C)cc1.Cc1cccc(C)c1. The highest BCUT2D eigenvalue weighted by molar-refractivity contribution is 7.82. The lowest BCUT2D eigenvalue weighted by molar-refractivity contribution is 0.557. The first kappa shape index (κ1) is 44.2. The molecule has 6 aromatic carbocycles. The molecule has 2 atom stereocenters. The van der Waals surface area contributed by atoms with E-state index in [0.717, 1.165) is 22.5 Å². The highest BCUT2D eigenvalue weighted by Gasteiger charge is 2.15. The van der Waals surface area contributed by atoms with Gasteiger partial charge < -0.3 is 8.37 Å². The van der Waals surface area contributed by atoms with Gasteiger partial charge in [-0.1, -0.05) is 142 Å². The summed E-state index contributed by atoms with van der Waals surface area (Å²) in [5, 5.41) is 0. The molecule has 2 unspecified atom stereocenters. The fourth-order valence-corrected chi connectivity index (χ4v) is 6.68. The smallest absolute Gasteiger partial charge is 0.318 e. The van der Waals surface area contributed by atoms with E-state index in [4.69, 9.17) is 8.37 Å². The van der Waals surface area contributed by atoms with E-state index in [2.05, 4.69) is 76.2 Å². The van der Waals surface area contributed by atoms with Crippen LogP contribution in [0.1, 0.15) is 52.8 Å². The Hall–Kier alpha value is -5.18. The van der Waals surface area contributed by atoms with Gasteiger partial charge in [0.05, 0.1) is 11.4 Å². The summed E-state index contributed by atoms with van der Waals surface area (Å²) in [5.74, 6) is 1.22. The zero-order valence-electron chi connectivity index (χ0n) is 33.7. The van der Waals surface area contributed by atoms with Gasteiger partial charge in [0.1, 0.15) is 11.5 Å². The molecule has 55 heavy (non-hydrogen) atoms. The molecule has 0 spiro atoms. The number of para-hydroxylation sites is 1. The number of benzene rings is 6. The first-order valence-corrected chi connectivity index (χ1v) is 20.5. The molecule has 0 aliphatic rings. The highest BCUT2D eigenvalue weighted by Crippen LogP contribution is 2.21. The summed E-state index contributed by atoms with van der Waals surface area (Å²) >= 11 is -3.07. The molecule has 0 aromatic heterocycles. The minimum Gasteiger partial charge on any atom is -0.385 e. The summed E-state index contributed by atoms with van der Waals surface area (Å²) in [7, 11) is 0. The Morgan fingerprint density at radius 1 is 0.382 bits per heavy atom. The number of rotatable bonds is 10. The lowest BCUT2D eigenvalue weighted by Crippen LogP contribution is -2.28. The third kappa shape index (κ3) is 16.4. The van der Waals surface area contributed by atoms with E-state index in [1.165, 1.54) is 27.8 Å². The topological polar surface area (TPSA) is 59.1 Å². The van der Waals surface area contributed by atoms with Crippen LogP contribution in [0.5, 0.6) is 11.5 Å². The highest BCUT2D eigenvalue weighted by atomic mass is 32.2. The molecule has 6 aromatic rings. The van der Waals surface area contributed by atoms with Crippen LogP contribution in [0.15, 0.2) is 152 Å². The number of hydrogen-bond donors (Lipinski definition) is 0. The van der Waals surface area contributed by atoms with Crippen molar-refractivity contribution in [2.45, 2.75) is 62.3 Å². The standard InChI is InChI=1S/C16H19NO2S.C15H17NO2S.2C8H10/c1-4-17(15-9-5-13(2)6-10-15)20(18)19-16-11-7-14(3)8-12-16;1-3-16(14-7-5-4-6-8-14)19(17)18-15-11-9-13(2)10-12-15;1-7-3-5-8(2)6-4-7;1-7-4-3-5-8(2)6-7/h5-12H,4H2,1-3H3;4-12H,3H2,1-2H3;2*3-6H,1-2H3.